The summed E-state index contributed by atoms with van der Waals surface area (Å²) in [6.07, 6.45) is 8.42. The molecule has 0 aromatic rings. The average Bonchev–Trinajstić information content (AvgIpc) is 2.59. The van der Waals surface area contributed by atoms with E-state index < -0.39 is 14.1 Å². The predicted molar refractivity (Wildman–Crippen MR) is 112 cm³/mol. The highest BCUT2D eigenvalue weighted by molar-refractivity contribution is 7.98. The summed E-state index contributed by atoms with van der Waals surface area (Å²) in [6.45, 7) is 7.71. The van der Waals surface area contributed by atoms with Gasteiger partial charge in [0.15, 0.2) is 6.19 Å². The highest BCUT2D eigenvalue weighted by Gasteiger charge is 2.24. The van der Waals surface area contributed by atoms with Crippen molar-refractivity contribution in [3.63, 3.8) is 0 Å². The molecule has 154 valence electrons. The third kappa shape index (κ3) is 11.1. The summed E-state index contributed by atoms with van der Waals surface area (Å²) in [7, 11) is 0.503. The van der Waals surface area contributed by atoms with Gasteiger partial charge in [-0.2, -0.15) is 5.26 Å². The van der Waals surface area contributed by atoms with E-state index in [4.69, 9.17) is 10.00 Å². The van der Waals surface area contributed by atoms with E-state index in [1.807, 2.05) is 0 Å². The monoisotopic (exact) mass is 414 g/mol. The Kier molecular flexibility index (Phi) is 10.6. The summed E-state index contributed by atoms with van der Waals surface area (Å²) in [5, 5.41) is 10.6. The van der Waals surface area contributed by atoms with Crippen molar-refractivity contribution in [2.75, 3.05) is 20.2 Å². The number of carbonyl (C=O) groups excluding carboxylic acids is 2. The highest BCUT2D eigenvalue weighted by Crippen LogP contribution is 2.30. The smallest absolute Gasteiger partial charge is 0.409 e. The lowest BCUT2D eigenvalue weighted by Gasteiger charge is -2.28. The molecule has 1 rings (SSSR count). The number of hydrogen-bond donors (Lipinski definition) is 2. The molecule has 27 heavy (non-hydrogen) atoms. The van der Waals surface area contributed by atoms with Gasteiger partial charge in [0.25, 0.3) is 0 Å². The number of rotatable bonds is 9. The Labute approximate surface area is 168 Å². The van der Waals surface area contributed by atoms with Crippen LogP contribution in [0.15, 0.2) is 0 Å². The van der Waals surface area contributed by atoms with Crippen LogP contribution in [0.1, 0.15) is 38.5 Å². The fraction of sp³-hybridized carbons (Fsp3) is 0.833. The predicted octanol–water partition coefficient (Wildman–Crippen LogP) is 4.16. The summed E-state index contributed by atoms with van der Waals surface area (Å²) in [4.78, 5) is 25.4. The standard InChI is InChI=1S/C18H34N4O3SSi/c1-22(18(24)25-10-11-27(2,3)4)13-16(26-21-17(23)20-14-19)12-15-8-6-5-7-9-15/h15-16H,5-13H2,1-4H3,(H2,20,21,23)/t16-/m0/s1. The minimum absolute atomic E-state index is 0.0621. The molecule has 2 N–H and O–H groups in total. The first-order valence-corrected chi connectivity index (χ1v) is 14.3. The Hall–Kier alpha value is -1.40. The Morgan fingerprint density at radius 1 is 1.30 bits per heavy atom. The highest BCUT2D eigenvalue weighted by atomic mass is 32.2. The van der Waals surface area contributed by atoms with E-state index in [0.717, 1.165) is 12.5 Å². The van der Waals surface area contributed by atoms with Gasteiger partial charge in [0, 0.05) is 26.9 Å². The molecule has 1 fully saturated rings. The Bertz CT molecular complexity index is 516. The van der Waals surface area contributed by atoms with Gasteiger partial charge in [0.05, 0.1) is 6.61 Å². The second-order valence-electron chi connectivity index (χ2n) is 8.45. The summed E-state index contributed by atoms with van der Waals surface area (Å²) in [5.41, 5.74) is 0. The first-order chi connectivity index (χ1) is 12.7. The lowest BCUT2D eigenvalue weighted by Crippen LogP contribution is -2.38. The van der Waals surface area contributed by atoms with Crippen LogP contribution in [0.2, 0.25) is 25.7 Å². The van der Waals surface area contributed by atoms with E-state index in [1.54, 1.807) is 18.1 Å². The first kappa shape index (κ1) is 23.6. The van der Waals surface area contributed by atoms with E-state index >= 15 is 0 Å². The minimum Gasteiger partial charge on any atom is -0.450 e. The molecular formula is C18H34N4O3SSi. The first-order valence-electron chi connectivity index (χ1n) is 9.70. The minimum atomic E-state index is -1.23. The third-order valence-corrected chi connectivity index (χ3v) is 7.36. The van der Waals surface area contributed by atoms with E-state index in [9.17, 15) is 9.59 Å². The SMILES string of the molecule is CN(C[C@H](CC1CCCCC1)SNC(=O)NC#N)C(=O)OCC[Si](C)(C)C. The maximum absolute atomic E-state index is 12.3. The quantitative estimate of drug-likeness (QED) is 0.256. The van der Waals surface area contributed by atoms with Gasteiger partial charge >= 0.3 is 12.1 Å². The largest absolute Gasteiger partial charge is 0.450 e. The van der Waals surface area contributed by atoms with Crippen molar-refractivity contribution in [3.8, 4) is 6.19 Å². The van der Waals surface area contributed by atoms with Crippen LogP contribution in [-0.2, 0) is 4.74 Å². The number of nitrogens with zero attached hydrogens (tertiary/aromatic N) is 2. The van der Waals surface area contributed by atoms with Crippen molar-refractivity contribution in [3.05, 3.63) is 0 Å². The second kappa shape index (κ2) is 12.1. The molecule has 1 atom stereocenters. The van der Waals surface area contributed by atoms with Crippen LogP contribution in [0.4, 0.5) is 9.59 Å². The molecule has 0 spiro atoms. The summed E-state index contributed by atoms with van der Waals surface area (Å²) >= 11 is 1.28. The maximum atomic E-state index is 12.3. The van der Waals surface area contributed by atoms with E-state index in [1.165, 1.54) is 44.1 Å². The number of hydrogen-bond acceptors (Lipinski definition) is 5. The molecule has 0 heterocycles. The fourth-order valence-electron chi connectivity index (χ4n) is 3.10. The van der Waals surface area contributed by atoms with Crippen molar-refractivity contribution in [1.82, 2.24) is 14.9 Å². The van der Waals surface area contributed by atoms with Gasteiger partial charge in [-0.25, -0.2) is 14.9 Å². The summed E-state index contributed by atoms with van der Waals surface area (Å²) in [6, 6.07) is 0.416. The molecule has 9 heteroatoms. The van der Waals surface area contributed by atoms with Gasteiger partial charge in [0.2, 0.25) is 0 Å². The van der Waals surface area contributed by atoms with Gasteiger partial charge < -0.3 is 9.64 Å². The number of nitriles is 1. The van der Waals surface area contributed by atoms with Crippen molar-refractivity contribution in [2.45, 2.75) is 69.5 Å². The maximum Gasteiger partial charge on any atom is 0.409 e. The van der Waals surface area contributed by atoms with Crippen LogP contribution >= 0.6 is 11.9 Å². The molecule has 0 aliphatic heterocycles. The number of urea groups is 1. The molecule has 7 nitrogen and oxygen atoms in total. The molecule has 1 saturated carbocycles. The van der Waals surface area contributed by atoms with Gasteiger partial charge in [-0.05, 0) is 30.3 Å². The topological polar surface area (TPSA) is 94.5 Å². The zero-order chi connectivity index (χ0) is 20.3. The number of nitrogens with one attached hydrogen (secondary N) is 2. The number of amides is 3. The van der Waals surface area contributed by atoms with Crippen LogP contribution in [-0.4, -0.2) is 50.5 Å². The lowest BCUT2D eigenvalue weighted by atomic mass is 9.86. The number of ether oxygens (including phenoxy) is 1. The second-order valence-corrected chi connectivity index (χ2v) is 15.2. The molecule has 1 aliphatic rings. The van der Waals surface area contributed by atoms with E-state index in [-0.39, 0.29) is 11.3 Å². The molecule has 0 aromatic carbocycles. The lowest BCUT2D eigenvalue weighted by molar-refractivity contribution is 0.115. The summed E-state index contributed by atoms with van der Waals surface area (Å²) < 4.78 is 8.06. The Balaban J connectivity index is 2.52. The molecule has 0 unspecified atom stereocenters. The van der Waals surface area contributed by atoms with Gasteiger partial charge in [-0.15, -0.1) is 0 Å². The van der Waals surface area contributed by atoms with Crippen molar-refractivity contribution in [2.24, 2.45) is 5.92 Å². The molecule has 0 saturated heterocycles. The van der Waals surface area contributed by atoms with Crippen LogP contribution < -0.4 is 10.0 Å². The normalized spacial score (nSPS) is 16.1. The van der Waals surface area contributed by atoms with Gasteiger partial charge in [-0.1, -0.05) is 51.7 Å². The van der Waals surface area contributed by atoms with Gasteiger partial charge in [0.1, 0.15) is 0 Å². The molecule has 0 radical (unpaired) electrons. The van der Waals surface area contributed by atoms with Crippen LogP contribution in [0.3, 0.4) is 0 Å². The van der Waals surface area contributed by atoms with Crippen molar-refractivity contribution >= 4 is 32.1 Å². The van der Waals surface area contributed by atoms with Gasteiger partial charge in [-0.3, -0.25) is 4.72 Å². The van der Waals surface area contributed by atoms with E-state index in [0.29, 0.717) is 19.1 Å². The zero-order valence-electron chi connectivity index (χ0n) is 17.0. The zero-order valence-corrected chi connectivity index (χ0v) is 18.9. The van der Waals surface area contributed by atoms with E-state index in [2.05, 4.69) is 29.7 Å². The number of carbonyl (C=O) groups is 2. The third-order valence-electron chi connectivity index (χ3n) is 4.68. The molecule has 0 bridgehead atoms. The molecule has 0 aromatic heterocycles. The van der Waals surface area contributed by atoms with Crippen LogP contribution in [0.25, 0.3) is 0 Å². The Morgan fingerprint density at radius 3 is 2.56 bits per heavy atom. The average molecular weight is 415 g/mol. The van der Waals surface area contributed by atoms with Crippen molar-refractivity contribution < 1.29 is 14.3 Å². The van der Waals surface area contributed by atoms with Crippen molar-refractivity contribution in [1.29, 1.82) is 5.26 Å². The summed E-state index contributed by atoms with van der Waals surface area (Å²) in [5.74, 6) is 0.619. The molecular weight excluding hydrogens is 380 g/mol. The molecule has 3 amide bonds. The fourth-order valence-corrected chi connectivity index (χ4v) is 4.81. The Morgan fingerprint density at radius 2 is 1.96 bits per heavy atom. The van der Waals surface area contributed by atoms with Crippen LogP contribution in [0, 0.1) is 17.4 Å². The molecule has 1 aliphatic carbocycles. The van der Waals surface area contributed by atoms with Crippen LogP contribution in [0.5, 0.6) is 0 Å².